The molecule has 46 valence electrons. The first kappa shape index (κ1) is 7.45. The smallest absolute Gasteiger partial charge is 0.485 e. The summed E-state index contributed by atoms with van der Waals surface area (Å²) in [6, 6.07) is 0. The van der Waals surface area contributed by atoms with E-state index >= 15 is 0 Å². The Morgan fingerprint density at radius 3 is 2.38 bits per heavy atom. The molecule has 0 aliphatic heterocycles. The van der Waals surface area contributed by atoms with Crippen LogP contribution in [-0.2, 0) is 9.45 Å². The summed E-state index contributed by atoms with van der Waals surface area (Å²) in [6.07, 6.45) is 0.150. The van der Waals surface area contributed by atoms with E-state index < -0.39 is 13.3 Å². The molecule has 5 heteroatoms. The van der Waals surface area contributed by atoms with Crippen LogP contribution in [0.5, 0.6) is 0 Å². The molecular formula is C3H7BO4. The van der Waals surface area contributed by atoms with E-state index in [1.807, 2.05) is 0 Å². The second-order valence-corrected chi connectivity index (χ2v) is 1.17. The zero-order valence-corrected chi connectivity index (χ0v) is 4.50. The number of carbonyl (C=O) groups excluding carboxylic acids is 1. The summed E-state index contributed by atoms with van der Waals surface area (Å²) in [5, 5.41) is 15.9. The van der Waals surface area contributed by atoms with Gasteiger partial charge in [0.2, 0.25) is 0 Å². The van der Waals surface area contributed by atoms with Crippen molar-refractivity contribution in [2.45, 2.75) is 13.3 Å². The maximum atomic E-state index is 10.1. The molecule has 2 N–H and O–H groups in total. The molecule has 0 radical (unpaired) electrons. The van der Waals surface area contributed by atoms with Gasteiger partial charge in [0.15, 0.2) is 0 Å². The van der Waals surface area contributed by atoms with Gasteiger partial charge < -0.3 is 14.7 Å². The molecule has 4 nitrogen and oxygen atoms in total. The van der Waals surface area contributed by atoms with Gasteiger partial charge in [0, 0.05) is 6.42 Å². The average Bonchev–Trinajstić information content (AvgIpc) is 1.65. The minimum Gasteiger partial charge on any atom is -0.485 e. The first-order valence-electron chi connectivity index (χ1n) is 2.22. The van der Waals surface area contributed by atoms with Crippen LogP contribution in [0, 0.1) is 0 Å². The molecule has 0 aliphatic carbocycles. The highest BCUT2D eigenvalue weighted by atomic mass is 16.6. The van der Waals surface area contributed by atoms with Crippen LogP contribution in [0.3, 0.4) is 0 Å². The van der Waals surface area contributed by atoms with Crippen LogP contribution in [-0.4, -0.2) is 23.3 Å². The number of hydrogen-bond donors (Lipinski definition) is 2. The van der Waals surface area contributed by atoms with E-state index in [0.717, 1.165) is 0 Å². The van der Waals surface area contributed by atoms with Gasteiger partial charge in [-0.2, -0.15) is 0 Å². The monoisotopic (exact) mass is 118 g/mol. The van der Waals surface area contributed by atoms with Crippen LogP contribution in [0.1, 0.15) is 13.3 Å². The van der Waals surface area contributed by atoms with E-state index in [9.17, 15) is 4.79 Å². The van der Waals surface area contributed by atoms with Crippen molar-refractivity contribution in [3.8, 4) is 0 Å². The lowest BCUT2D eigenvalue weighted by molar-refractivity contribution is -0.136. The van der Waals surface area contributed by atoms with Crippen LogP contribution in [0.4, 0.5) is 0 Å². The van der Waals surface area contributed by atoms with Gasteiger partial charge >= 0.3 is 7.32 Å². The van der Waals surface area contributed by atoms with Crippen LogP contribution in [0.15, 0.2) is 0 Å². The Balaban J connectivity index is 3.25. The van der Waals surface area contributed by atoms with Crippen molar-refractivity contribution in [2.75, 3.05) is 0 Å². The van der Waals surface area contributed by atoms with Gasteiger partial charge in [-0.05, 0) is 0 Å². The molecule has 0 bridgehead atoms. The Morgan fingerprint density at radius 2 is 2.25 bits per heavy atom. The summed E-state index contributed by atoms with van der Waals surface area (Å²) in [4.78, 5) is 10.1. The second kappa shape index (κ2) is 3.46. The molecule has 0 aromatic carbocycles. The lowest BCUT2D eigenvalue weighted by atomic mass is 10.2. The lowest BCUT2D eigenvalue weighted by Gasteiger charge is -1.97. The summed E-state index contributed by atoms with van der Waals surface area (Å²) in [6.45, 7) is 1.56. The molecule has 0 aliphatic rings. The molecule has 0 saturated carbocycles. The summed E-state index contributed by atoms with van der Waals surface area (Å²) in [5.74, 6) is -0.625. The molecule has 8 heavy (non-hydrogen) atoms. The molecule has 0 saturated heterocycles. The molecule has 0 atom stereocenters. The van der Waals surface area contributed by atoms with Crippen molar-refractivity contribution < 1.29 is 19.5 Å². The third-order valence-corrected chi connectivity index (χ3v) is 0.526. The number of carbonyl (C=O) groups is 1. The molecule has 0 amide bonds. The highest BCUT2D eigenvalue weighted by Crippen LogP contribution is 1.82. The summed E-state index contributed by atoms with van der Waals surface area (Å²) in [7, 11) is -1.97. The molecular weight excluding hydrogens is 111 g/mol. The molecule has 0 aromatic heterocycles. The topological polar surface area (TPSA) is 66.8 Å². The van der Waals surface area contributed by atoms with E-state index in [4.69, 9.17) is 10.0 Å². The van der Waals surface area contributed by atoms with Gasteiger partial charge in [0.1, 0.15) is 0 Å². The van der Waals surface area contributed by atoms with Crippen molar-refractivity contribution >= 4 is 13.3 Å². The Labute approximate surface area is 47.3 Å². The first-order chi connectivity index (χ1) is 3.66. The van der Waals surface area contributed by atoms with Crippen molar-refractivity contribution in [3.63, 3.8) is 0 Å². The maximum Gasteiger partial charge on any atom is 0.709 e. The normalized spacial score (nSPS) is 8.38. The lowest BCUT2D eigenvalue weighted by Crippen LogP contribution is -2.20. The van der Waals surface area contributed by atoms with Crippen molar-refractivity contribution in [3.05, 3.63) is 0 Å². The second-order valence-electron chi connectivity index (χ2n) is 1.17. The summed E-state index contributed by atoms with van der Waals surface area (Å²) >= 11 is 0. The van der Waals surface area contributed by atoms with E-state index in [2.05, 4.69) is 4.65 Å². The minimum atomic E-state index is -1.97. The zero-order chi connectivity index (χ0) is 6.57. The van der Waals surface area contributed by atoms with E-state index in [0.29, 0.717) is 0 Å². The molecule has 0 fully saturated rings. The zero-order valence-electron chi connectivity index (χ0n) is 4.50. The standard InChI is InChI=1S/C3H7BO4/c1-2-3(5)8-4(6)7/h6-7H,2H2,1H3. The van der Waals surface area contributed by atoms with Gasteiger partial charge in [0.05, 0.1) is 0 Å². The molecule has 0 heterocycles. The van der Waals surface area contributed by atoms with Crippen molar-refractivity contribution in [2.24, 2.45) is 0 Å². The Bertz CT molecular complexity index is 81.4. The van der Waals surface area contributed by atoms with Gasteiger partial charge in [-0.1, -0.05) is 6.92 Å². The third-order valence-electron chi connectivity index (χ3n) is 0.526. The third kappa shape index (κ3) is 3.64. The predicted molar refractivity (Wildman–Crippen MR) is 26.6 cm³/mol. The molecule has 0 rings (SSSR count). The van der Waals surface area contributed by atoms with Crippen molar-refractivity contribution in [1.82, 2.24) is 0 Å². The van der Waals surface area contributed by atoms with E-state index in [-0.39, 0.29) is 6.42 Å². The van der Waals surface area contributed by atoms with Crippen molar-refractivity contribution in [1.29, 1.82) is 0 Å². The van der Waals surface area contributed by atoms with Gasteiger partial charge in [-0.3, -0.25) is 4.79 Å². The van der Waals surface area contributed by atoms with Crippen LogP contribution >= 0.6 is 0 Å². The molecule has 0 unspecified atom stereocenters. The largest absolute Gasteiger partial charge is 0.709 e. The average molecular weight is 118 g/mol. The Morgan fingerprint density at radius 1 is 1.75 bits per heavy atom. The number of hydrogen-bond acceptors (Lipinski definition) is 4. The molecule has 0 aromatic rings. The van der Waals surface area contributed by atoms with Crippen LogP contribution in [0.25, 0.3) is 0 Å². The summed E-state index contributed by atoms with van der Waals surface area (Å²) < 4.78 is 3.87. The fourth-order valence-corrected chi connectivity index (χ4v) is 0.201. The Kier molecular flexibility index (Phi) is 3.22. The quantitative estimate of drug-likeness (QED) is 0.452. The SMILES string of the molecule is CCC(=O)OB(O)O. The van der Waals surface area contributed by atoms with E-state index in [1.54, 1.807) is 6.92 Å². The maximum absolute atomic E-state index is 10.1. The summed E-state index contributed by atoms with van der Waals surface area (Å²) in [5.41, 5.74) is 0. The predicted octanol–water partition coefficient (Wildman–Crippen LogP) is -1.09. The van der Waals surface area contributed by atoms with Crippen LogP contribution < -0.4 is 0 Å². The first-order valence-corrected chi connectivity index (χ1v) is 2.22. The minimum absolute atomic E-state index is 0.150. The Hall–Kier alpha value is -0.545. The fraction of sp³-hybridized carbons (Fsp3) is 0.667. The highest BCUT2D eigenvalue weighted by Gasteiger charge is 2.13. The molecule has 0 spiro atoms. The number of rotatable bonds is 2. The van der Waals surface area contributed by atoms with Gasteiger partial charge in [-0.15, -0.1) is 0 Å². The van der Waals surface area contributed by atoms with Gasteiger partial charge in [-0.25, -0.2) is 0 Å². The van der Waals surface area contributed by atoms with Gasteiger partial charge in [0.25, 0.3) is 5.97 Å². The van der Waals surface area contributed by atoms with E-state index in [1.165, 1.54) is 0 Å². The fourth-order valence-electron chi connectivity index (χ4n) is 0.201. The highest BCUT2D eigenvalue weighted by molar-refractivity contribution is 6.35. The van der Waals surface area contributed by atoms with Crippen LogP contribution in [0.2, 0.25) is 0 Å².